The van der Waals surface area contributed by atoms with Crippen LogP contribution in [0.1, 0.15) is 36.2 Å². The molecule has 1 saturated heterocycles. The van der Waals surface area contributed by atoms with Crippen molar-refractivity contribution in [1.29, 1.82) is 0 Å². The van der Waals surface area contributed by atoms with Gasteiger partial charge in [0.1, 0.15) is 6.04 Å². The quantitative estimate of drug-likeness (QED) is 0.628. The van der Waals surface area contributed by atoms with Crippen LogP contribution in [0.15, 0.2) is 6.08 Å². The van der Waals surface area contributed by atoms with Gasteiger partial charge in [-0.2, -0.15) is 5.10 Å². The molecule has 1 fully saturated rings. The first-order chi connectivity index (χ1) is 10.5. The van der Waals surface area contributed by atoms with E-state index in [9.17, 15) is 9.59 Å². The standard InChI is InChI=1S/C16H23N3O3/c1-11-13(12(2)18(3)17-11)8-9-15(20)19-10-6-5-7-14(19)16(21)22-4/h8-9,14H,5-7,10H2,1-4H3/b9-8+. The van der Waals surface area contributed by atoms with Gasteiger partial charge in [-0.15, -0.1) is 0 Å². The number of carbonyl (C=O) groups excluding carboxylic acids is 2. The first-order valence-corrected chi connectivity index (χ1v) is 7.52. The van der Waals surface area contributed by atoms with Gasteiger partial charge in [0.05, 0.1) is 12.8 Å². The van der Waals surface area contributed by atoms with Crippen LogP contribution in [0, 0.1) is 13.8 Å². The van der Waals surface area contributed by atoms with Crippen LogP contribution >= 0.6 is 0 Å². The SMILES string of the molecule is COC(=O)C1CCCCN1C(=O)/C=C/c1c(C)nn(C)c1C. The number of amides is 1. The summed E-state index contributed by atoms with van der Waals surface area (Å²) >= 11 is 0. The Bertz CT molecular complexity index is 604. The molecule has 6 heteroatoms. The van der Waals surface area contributed by atoms with E-state index in [2.05, 4.69) is 5.10 Å². The maximum atomic E-state index is 12.4. The number of nitrogens with zero attached hydrogens (tertiary/aromatic N) is 3. The predicted molar refractivity (Wildman–Crippen MR) is 83.1 cm³/mol. The van der Waals surface area contributed by atoms with Crippen LogP contribution in [-0.2, 0) is 21.4 Å². The van der Waals surface area contributed by atoms with Crippen molar-refractivity contribution in [2.45, 2.75) is 39.2 Å². The normalized spacial score (nSPS) is 18.7. The maximum Gasteiger partial charge on any atom is 0.328 e. The predicted octanol–water partition coefficient (Wildman–Crippen LogP) is 1.60. The Hall–Kier alpha value is -2.11. The molecule has 0 spiro atoms. The van der Waals surface area contributed by atoms with E-state index < -0.39 is 6.04 Å². The van der Waals surface area contributed by atoms with Crippen LogP contribution in [0.2, 0.25) is 0 Å². The first-order valence-electron chi connectivity index (χ1n) is 7.52. The van der Waals surface area contributed by atoms with Gasteiger partial charge in [-0.1, -0.05) is 0 Å². The first kappa shape index (κ1) is 16.3. The summed E-state index contributed by atoms with van der Waals surface area (Å²) in [6.45, 7) is 4.46. The number of esters is 1. The molecule has 1 amide bonds. The minimum Gasteiger partial charge on any atom is -0.467 e. The summed E-state index contributed by atoms with van der Waals surface area (Å²) in [6.07, 6.45) is 5.82. The fourth-order valence-electron chi connectivity index (χ4n) is 2.86. The number of methoxy groups -OCH3 is 1. The zero-order chi connectivity index (χ0) is 16.3. The molecule has 1 atom stereocenters. The van der Waals surface area contributed by atoms with Crippen molar-refractivity contribution in [2.75, 3.05) is 13.7 Å². The minimum atomic E-state index is -0.466. The molecule has 0 aliphatic carbocycles. The van der Waals surface area contributed by atoms with Gasteiger partial charge in [-0.05, 0) is 39.2 Å². The van der Waals surface area contributed by atoms with E-state index in [1.165, 1.54) is 13.2 Å². The van der Waals surface area contributed by atoms with Crippen LogP contribution in [0.25, 0.3) is 6.08 Å². The Morgan fingerprint density at radius 3 is 2.64 bits per heavy atom. The number of piperidine rings is 1. The van der Waals surface area contributed by atoms with Gasteiger partial charge in [0.15, 0.2) is 0 Å². The lowest BCUT2D eigenvalue weighted by Crippen LogP contribution is -2.47. The van der Waals surface area contributed by atoms with Crippen LogP contribution in [0.5, 0.6) is 0 Å². The monoisotopic (exact) mass is 305 g/mol. The summed E-state index contributed by atoms with van der Waals surface area (Å²) in [6, 6.07) is -0.466. The third-order valence-corrected chi connectivity index (χ3v) is 4.22. The second-order valence-electron chi connectivity index (χ2n) is 5.61. The highest BCUT2D eigenvalue weighted by Crippen LogP contribution is 2.19. The third kappa shape index (κ3) is 3.21. The van der Waals surface area contributed by atoms with Crippen LogP contribution < -0.4 is 0 Å². The lowest BCUT2D eigenvalue weighted by molar-refractivity contribution is -0.153. The van der Waals surface area contributed by atoms with Crippen LogP contribution in [-0.4, -0.2) is 46.3 Å². The fourth-order valence-corrected chi connectivity index (χ4v) is 2.86. The molecule has 1 aliphatic heterocycles. The Labute approximate surface area is 130 Å². The molecule has 0 saturated carbocycles. The highest BCUT2D eigenvalue weighted by atomic mass is 16.5. The lowest BCUT2D eigenvalue weighted by atomic mass is 10.0. The van der Waals surface area contributed by atoms with E-state index in [0.717, 1.165) is 29.8 Å². The van der Waals surface area contributed by atoms with Crippen molar-refractivity contribution in [3.8, 4) is 0 Å². The van der Waals surface area contributed by atoms with E-state index in [1.807, 2.05) is 20.9 Å². The molecule has 1 aliphatic rings. The van der Waals surface area contributed by atoms with Crippen molar-refractivity contribution < 1.29 is 14.3 Å². The molecule has 1 aromatic heterocycles. The average molecular weight is 305 g/mol. The average Bonchev–Trinajstić information content (AvgIpc) is 2.77. The van der Waals surface area contributed by atoms with Crippen LogP contribution in [0.3, 0.4) is 0 Å². The molecule has 1 aromatic rings. The van der Waals surface area contributed by atoms with Gasteiger partial charge >= 0.3 is 5.97 Å². The van der Waals surface area contributed by atoms with E-state index >= 15 is 0 Å². The maximum absolute atomic E-state index is 12.4. The number of likely N-dealkylation sites (tertiary alicyclic amines) is 1. The summed E-state index contributed by atoms with van der Waals surface area (Å²) in [5, 5.41) is 4.32. The molecule has 1 unspecified atom stereocenters. The Balaban J connectivity index is 2.16. The number of aryl methyl sites for hydroxylation is 2. The molecule has 120 valence electrons. The molecule has 22 heavy (non-hydrogen) atoms. The van der Waals surface area contributed by atoms with E-state index in [4.69, 9.17) is 4.74 Å². The van der Waals surface area contributed by atoms with E-state index in [-0.39, 0.29) is 11.9 Å². The number of ether oxygens (including phenoxy) is 1. The van der Waals surface area contributed by atoms with Crippen LogP contribution in [0.4, 0.5) is 0 Å². The topological polar surface area (TPSA) is 64.4 Å². The van der Waals surface area contributed by atoms with Crippen molar-refractivity contribution >= 4 is 18.0 Å². The van der Waals surface area contributed by atoms with Gasteiger partial charge < -0.3 is 9.64 Å². The zero-order valence-corrected chi connectivity index (χ0v) is 13.6. The van der Waals surface area contributed by atoms with E-state index in [1.54, 1.807) is 15.7 Å². The molecule has 0 aromatic carbocycles. The molecule has 0 radical (unpaired) electrons. The Kier molecular flexibility index (Phi) is 5.00. The Morgan fingerprint density at radius 1 is 1.32 bits per heavy atom. The largest absolute Gasteiger partial charge is 0.467 e. The minimum absolute atomic E-state index is 0.155. The van der Waals surface area contributed by atoms with Gasteiger partial charge in [-0.3, -0.25) is 9.48 Å². The number of aromatic nitrogens is 2. The highest BCUT2D eigenvalue weighted by molar-refractivity contribution is 5.95. The lowest BCUT2D eigenvalue weighted by Gasteiger charge is -2.32. The summed E-state index contributed by atoms with van der Waals surface area (Å²) < 4.78 is 6.59. The number of rotatable bonds is 3. The van der Waals surface area contributed by atoms with Crippen molar-refractivity contribution in [3.63, 3.8) is 0 Å². The number of carbonyl (C=O) groups is 2. The Morgan fingerprint density at radius 2 is 2.05 bits per heavy atom. The van der Waals surface area contributed by atoms with E-state index in [0.29, 0.717) is 13.0 Å². The van der Waals surface area contributed by atoms with Gasteiger partial charge in [0, 0.05) is 30.9 Å². The van der Waals surface area contributed by atoms with Crippen molar-refractivity contribution in [1.82, 2.24) is 14.7 Å². The number of hydrogen-bond donors (Lipinski definition) is 0. The molecule has 0 bridgehead atoms. The smallest absolute Gasteiger partial charge is 0.328 e. The fraction of sp³-hybridized carbons (Fsp3) is 0.562. The molecule has 2 rings (SSSR count). The second-order valence-corrected chi connectivity index (χ2v) is 5.61. The molecule has 6 nitrogen and oxygen atoms in total. The summed E-state index contributed by atoms with van der Waals surface area (Å²) in [5.74, 6) is -0.493. The summed E-state index contributed by atoms with van der Waals surface area (Å²) in [4.78, 5) is 25.9. The second kappa shape index (κ2) is 6.77. The molecule has 0 N–H and O–H groups in total. The van der Waals surface area contributed by atoms with Gasteiger partial charge in [-0.25, -0.2) is 4.79 Å². The highest BCUT2D eigenvalue weighted by Gasteiger charge is 2.31. The molecular formula is C16H23N3O3. The summed E-state index contributed by atoms with van der Waals surface area (Å²) in [7, 11) is 3.23. The third-order valence-electron chi connectivity index (χ3n) is 4.22. The van der Waals surface area contributed by atoms with Crippen molar-refractivity contribution in [3.05, 3.63) is 23.0 Å². The summed E-state index contributed by atoms with van der Waals surface area (Å²) in [5.41, 5.74) is 2.83. The molecular weight excluding hydrogens is 282 g/mol. The van der Waals surface area contributed by atoms with Crippen molar-refractivity contribution in [2.24, 2.45) is 7.05 Å². The zero-order valence-electron chi connectivity index (χ0n) is 13.6. The van der Waals surface area contributed by atoms with Gasteiger partial charge in [0.25, 0.3) is 0 Å². The molecule has 2 heterocycles. The number of hydrogen-bond acceptors (Lipinski definition) is 4. The van der Waals surface area contributed by atoms with Gasteiger partial charge in [0.2, 0.25) is 5.91 Å².